The van der Waals surface area contributed by atoms with Gasteiger partial charge in [-0.15, -0.1) is 11.6 Å². The molecule has 0 saturated heterocycles. The van der Waals surface area contributed by atoms with Crippen molar-refractivity contribution in [2.24, 2.45) is 5.41 Å². The molecule has 0 fully saturated rings. The minimum Gasteiger partial charge on any atom is -0.352 e. The summed E-state index contributed by atoms with van der Waals surface area (Å²) in [6.45, 7) is 6.67. The maximum Gasteiger partial charge on any atom is 0.251 e. The first-order valence-electron chi connectivity index (χ1n) is 5.96. The average Bonchev–Trinajstić information content (AvgIpc) is 2.30. The van der Waals surface area contributed by atoms with Crippen molar-refractivity contribution in [2.45, 2.75) is 27.2 Å². The van der Waals surface area contributed by atoms with Crippen LogP contribution in [0.15, 0.2) is 18.2 Å². The van der Waals surface area contributed by atoms with Crippen LogP contribution in [0.2, 0.25) is 5.02 Å². The molecule has 18 heavy (non-hydrogen) atoms. The summed E-state index contributed by atoms with van der Waals surface area (Å²) in [5, 5.41) is 3.53. The quantitative estimate of drug-likeness (QED) is 0.814. The number of nitrogens with one attached hydrogen (secondary N) is 1. The van der Waals surface area contributed by atoms with E-state index in [1.807, 2.05) is 13.0 Å². The van der Waals surface area contributed by atoms with Gasteiger partial charge in [0.15, 0.2) is 0 Å². The lowest BCUT2D eigenvalue weighted by molar-refractivity contribution is 0.0936. The van der Waals surface area contributed by atoms with E-state index in [2.05, 4.69) is 19.2 Å². The largest absolute Gasteiger partial charge is 0.352 e. The molecule has 0 heterocycles. The number of alkyl halides is 1. The number of halogens is 2. The molecule has 0 aliphatic carbocycles. The fraction of sp³-hybridized carbons (Fsp3) is 0.500. The summed E-state index contributed by atoms with van der Waals surface area (Å²) in [5.74, 6) is 0.499. The lowest BCUT2D eigenvalue weighted by atomic mass is 9.90. The molecule has 0 aliphatic rings. The third-order valence-electron chi connectivity index (χ3n) is 2.93. The summed E-state index contributed by atoms with van der Waals surface area (Å²) in [6.07, 6.45) is 0.865. The minimum atomic E-state index is -0.0976. The molecule has 1 rings (SSSR count). The van der Waals surface area contributed by atoms with Gasteiger partial charge in [-0.1, -0.05) is 31.5 Å². The van der Waals surface area contributed by atoms with Crippen molar-refractivity contribution in [1.82, 2.24) is 5.32 Å². The lowest BCUT2D eigenvalue weighted by Crippen LogP contribution is -2.34. The molecule has 4 heteroatoms. The Morgan fingerprint density at radius 2 is 2.06 bits per heavy atom. The van der Waals surface area contributed by atoms with Gasteiger partial charge in [-0.2, -0.15) is 0 Å². The zero-order valence-electron chi connectivity index (χ0n) is 11.0. The number of rotatable bonds is 5. The Hall–Kier alpha value is -0.730. The smallest absolute Gasteiger partial charge is 0.251 e. The molecule has 0 aromatic heterocycles. The van der Waals surface area contributed by atoms with Gasteiger partial charge >= 0.3 is 0 Å². The highest BCUT2D eigenvalue weighted by atomic mass is 35.5. The van der Waals surface area contributed by atoms with Gasteiger partial charge in [0, 0.05) is 23.0 Å². The Balaban J connectivity index is 2.63. The molecular formula is C14H19Cl2NO. The van der Waals surface area contributed by atoms with Crippen LogP contribution in [0.1, 0.15) is 36.2 Å². The van der Waals surface area contributed by atoms with E-state index >= 15 is 0 Å². The number of carbonyl (C=O) groups excluding carboxylic acids is 1. The van der Waals surface area contributed by atoms with Gasteiger partial charge in [0.25, 0.3) is 5.91 Å². The first kappa shape index (κ1) is 15.3. The molecular weight excluding hydrogens is 269 g/mol. The van der Waals surface area contributed by atoms with Gasteiger partial charge in [0.2, 0.25) is 0 Å². The fourth-order valence-corrected chi connectivity index (χ4v) is 2.19. The standard InChI is InChI=1S/C14H19Cl2NO/c1-10-4-5-11(8-12(10)16)13(18)17-9-14(2,3)6-7-15/h4-5,8H,6-7,9H2,1-3H3,(H,17,18). The van der Waals surface area contributed by atoms with Gasteiger partial charge in [-0.05, 0) is 36.5 Å². The number of benzene rings is 1. The molecule has 100 valence electrons. The Morgan fingerprint density at radius 1 is 1.39 bits per heavy atom. The zero-order valence-corrected chi connectivity index (χ0v) is 12.5. The highest BCUT2D eigenvalue weighted by Crippen LogP contribution is 2.20. The summed E-state index contributed by atoms with van der Waals surface area (Å²) < 4.78 is 0. The van der Waals surface area contributed by atoms with Gasteiger partial charge in [0.1, 0.15) is 0 Å². The van der Waals surface area contributed by atoms with Crippen LogP contribution in [0.25, 0.3) is 0 Å². The zero-order chi connectivity index (χ0) is 13.8. The van der Waals surface area contributed by atoms with Crippen molar-refractivity contribution in [3.05, 3.63) is 34.3 Å². The van der Waals surface area contributed by atoms with Gasteiger partial charge in [-0.3, -0.25) is 4.79 Å². The van der Waals surface area contributed by atoms with Crippen LogP contribution in [0, 0.1) is 12.3 Å². The first-order valence-corrected chi connectivity index (χ1v) is 6.87. The normalized spacial score (nSPS) is 11.4. The molecule has 0 aliphatic heterocycles. The third-order valence-corrected chi connectivity index (χ3v) is 3.53. The summed E-state index contributed by atoms with van der Waals surface area (Å²) in [7, 11) is 0. The van der Waals surface area contributed by atoms with Crippen LogP contribution in [-0.2, 0) is 0 Å². The summed E-state index contributed by atoms with van der Waals surface area (Å²) in [4.78, 5) is 12.0. The molecule has 1 amide bonds. The van der Waals surface area contributed by atoms with E-state index in [9.17, 15) is 4.79 Å². The fourth-order valence-electron chi connectivity index (χ4n) is 1.50. The van der Waals surface area contributed by atoms with E-state index in [4.69, 9.17) is 23.2 Å². The SMILES string of the molecule is Cc1ccc(C(=O)NCC(C)(C)CCCl)cc1Cl. The Bertz CT molecular complexity index is 430. The van der Waals surface area contributed by atoms with Gasteiger partial charge in [-0.25, -0.2) is 0 Å². The van der Waals surface area contributed by atoms with E-state index in [-0.39, 0.29) is 11.3 Å². The third kappa shape index (κ3) is 4.51. The highest BCUT2D eigenvalue weighted by Gasteiger charge is 2.18. The number of hydrogen-bond donors (Lipinski definition) is 1. The average molecular weight is 288 g/mol. The van der Waals surface area contributed by atoms with Crippen LogP contribution < -0.4 is 5.32 Å². The van der Waals surface area contributed by atoms with E-state index in [1.54, 1.807) is 12.1 Å². The maximum absolute atomic E-state index is 12.0. The summed E-state index contributed by atoms with van der Waals surface area (Å²) >= 11 is 11.7. The number of aryl methyl sites for hydroxylation is 1. The highest BCUT2D eigenvalue weighted by molar-refractivity contribution is 6.31. The Morgan fingerprint density at radius 3 is 2.61 bits per heavy atom. The second-order valence-corrected chi connectivity index (χ2v) is 6.04. The number of carbonyl (C=O) groups is 1. The monoisotopic (exact) mass is 287 g/mol. The van der Waals surface area contributed by atoms with Crippen molar-refractivity contribution >= 4 is 29.1 Å². The van der Waals surface area contributed by atoms with Crippen molar-refractivity contribution in [3.8, 4) is 0 Å². The van der Waals surface area contributed by atoms with Crippen molar-refractivity contribution in [1.29, 1.82) is 0 Å². The summed E-state index contributed by atoms with van der Waals surface area (Å²) in [5.41, 5.74) is 1.56. The maximum atomic E-state index is 12.0. The van der Waals surface area contributed by atoms with Gasteiger partial charge < -0.3 is 5.32 Å². The molecule has 1 N–H and O–H groups in total. The Kier molecular flexibility index (Phi) is 5.48. The van der Waals surface area contributed by atoms with E-state index < -0.39 is 0 Å². The van der Waals surface area contributed by atoms with Gasteiger partial charge in [0.05, 0.1) is 0 Å². The molecule has 2 nitrogen and oxygen atoms in total. The molecule has 0 spiro atoms. The van der Waals surface area contributed by atoms with E-state index in [1.165, 1.54) is 0 Å². The molecule has 0 atom stereocenters. The van der Waals surface area contributed by atoms with E-state index in [0.29, 0.717) is 23.0 Å². The van der Waals surface area contributed by atoms with Crippen molar-refractivity contribution < 1.29 is 4.79 Å². The molecule has 0 unspecified atom stereocenters. The lowest BCUT2D eigenvalue weighted by Gasteiger charge is -2.23. The van der Waals surface area contributed by atoms with Crippen LogP contribution >= 0.6 is 23.2 Å². The van der Waals surface area contributed by atoms with Crippen LogP contribution in [-0.4, -0.2) is 18.3 Å². The number of hydrogen-bond acceptors (Lipinski definition) is 1. The first-order chi connectivity index (χ1) is 8.35. The van der Waals surface area contributed by atoms with Crippen LogP contribution in [0.3, 0.4) is 0 Å². The summed E-state index contributed by atoms with van der Waals surface area (Å²) in [6, 6.07) is 5.33. The predicted octanol–water partition coefficient (Wildman–Crippen LogP) is 4.03. The number of amides is 1. The molecule has 0 saturated carbocycles. The second-order valence-electron chi connectivity index (χ2n) is 5.25. The predicted molar refractivity (Wildman–Crippen MR) is 77.6 cm³/mol. The Labute approximate surface area is 119 Å². The second kappa shape index (κ2) is 6.44. The van der Waals surface area contributed by atoms with Crippen LogP contribution in [0.4, 0.5) is 0 Å². The molecule has 0 bridgehead atoms. The molecule has 1 aromatic rings. The molecule has 1 aromatic carbocycles. The van der Waals surface area contributed by atoms with Crippen LogP contribution in [0.5, 0.6) is 0 Å². The minimum absolute atomic E-state index is 0.00585. The van der Waals surface area contributed by atoms with Crippen molar-refractivity contribution in [3.63, 3.8) is 0 Å². The topological polar surface area (TPSA) is 29.1 Å². The molecule has 0 radical (unpaired) electrons. The van der Waals surface area contributed by atoms with E-state index in [0.717, 1.165) is 12.0 Å². The van der Waals surface area contributed by atoms with Crippen molar-refractivity contribution in [2.75, 3.05) is 12.4 Å².